The summed E-state index contributed by atoms with van der Waals surface area (Å²) in [6, 6.07) is 30.6. The van der Waals surface area contributed by atoms with Crippen LogP contribution < -0.4 is 15.4 Å². The van der Waals surface area contributed by atoms with Crippen LogP contribution >= 0.6 is 12.2 Å². The molecule has 7 heteroatoms. The highest BCUT2D eigenvalue weighted by Crippen LogP contribution is 2.28. The summed E-state index contributed by atoms with van der Waals surface area (Å²) >= 11 is 5.37. The summed E-state index contributed by atoms with van der Waals surface area (Å²) in [6.45, 7) is 4.81. The number of rotatable bonds is 8. The van der Waals surface area contributed by atoms with Crippen LogP contribution in [0.1, 0.15) is 47.7 Å². The van der Waals surface area contributed by atoms with E-state index in [-0.39, 0.29) is 11.0 Å². The van der Waals surface area contributed by atoms with E-state index >= 15 is 0 Å². The Morgan fingerprint density at radius 3 is 2.54 bits per heavy atom. The lowest BCUT2D eigenvalue weighted by atomic mass is 9.98. The van der Waals surface area contributed by atoms with E-state index < -0.39 is 0 Å². The second-order valence-corrected chi connectivity index (χ2v) is 9.75. The number of anilines is 1. The smallest absolute Gasteiger partial charge is 0.257 e. The Morgan fingerprint density at radius 2 is 1.77 bits per heavy atom. The summed E-state index contributed by atoms with van der Waals surface area (Å²) in [5, 5.41) is 5.97. The van der Waals surface area contributed by atoms with Gasteiger partial charge >= 0.3 is 0 Å². The first-order valence-electron chi connectivity index (χ1n) is 12.9. The fourth-order valence-corrected chi connectivity index (χ4v) is 4.32. The van der Waals surface area contributed by atoms with E-state index in [1.54, 1.807) is 18.2 Å². The molecule has 0 spiro atoms. The van der Waals surface area contributed by atoms with E-state index in [1.807, 2.05) is 66.7 Å². The van der Waals surface area contributed by atoms with Gasteiger partial charge in [0, 0.05) is 16.8 Å². The molecule has 0 aliphatic carbocycles. The summed E-state index contributed by atoms with van der Waals surface area (Å²) in [7, 11) is 0. The number of oxazole rings is 1. The fourth-order valence-electron chi connectivity index (χ4n) is 4.11. The van der Waals surface area contributed by atoms with E-state index in [9.17, 15) is 4.79 Å². The standard InChI is InChI=1S/C32H29N3O3S/c1-3-21(2)24-14-17-29-28(19-24)34-31(38-29)23-12-15-26(16-13-23)33-32(39)35-30(36)25-10-7-11-27(18-25)37-20-22-8-5-4-6-9-22/h4-19,21H,3,20H2,1-2H3,(H2,33,35,36,39). The number of amides is 1. The molecule has 1 atom stereocenters. The van der Waals surface area contributed by atoms with Crippen LogP contribution in [0.4, 0.5) is 5.69 Å². The van der Waals surface area contributed by atoms with E-state index in [0.29, 0.717) is 29.7 Å². The topological polar surface area (TPSA) is 76.4 Å². The molecule has 0 aliphatic heterocycles. The lowest BCUT2D eigenvalue weighted by Gasteiger charge is -2.11. The van der Waals surface area contributed by atoms with Crippen molar-refractivity contribution < 1.29 is 13.9 Å². The molecule has 0 saturated carbocycles. The Kier molecular flexibility index (Phi) is 7.99. The third kappa shape index (κ3) is 6.51. The zero-order valence-corrected chi connectivity index (χ0v) is 22.6. The van der Waals surface area contributed by atoms with E-state index in [2.05, 4.69) is 41.6 Å². The molecule has 2 N–H and O–H groups in total. The number of nitrogens with zero attached hydrogens (tertiary/aromatic N) is 1. The first-order chi connectivity index (χ1) is 19.0. The fraction of sp³-hybridized carbons (Fsp3) is 0.156. The number of carbonyl (C=O) groups is 1. The number of ether oxygens (including phenoxy) is 1. The third-order valence-electron chi connectivity index (χ3n) is 6.55. The molecule has 5 rings (SSSR count). The summed E-state index contributed by atoms with van der Waals surface area (Å²) < 4.78 is 11.8. The Bertz CT molecular complexity index is 1600. The summed E-state index contributed by atoms with van der Waals surface area (Å²) in [6.07, 6.45) is 1.07. The molecule has 0 aliphatic rings. The molecule has 0 fully saturated rings. The van der Waals surface area contributed by atoms with Gasteiger partial charge in [-0.2, -0.15) is 0 Å². The molecular formula is C32H29N3O3S. The maximum absolute atomic E-state index is 12.8. The van der Waals surface area contributed by atoms with Crippen molar-refractivity contribution in [2.75, 3.05) is 5.32 Å². The van der Waals surface area contributed by atoms with Crippen LogP contribution in [0.15, 0.2) is 101 Å². The molecular weight excluding hydrogens is 506 g/mol. The minimum Gasteiger partial charge on any atom is -0.489 e. The van der Waals surface area contributed by atoms with Crippen LogP contribution in [0.3, 0.4) is 0 Å². The average Bonchev–Trinajstić information content (AvgIpc) is 3.40. The van der Waals surface area contributed by atoms with E-state index in [1.165, 1.54) is 5.56 Å². The monoisotopic (exact) mass is 535 g/mol. The van der Waals surface area contributed by atoms with Gasteiger partial charge in [0.2, 0.25) is 5.89 Å². The summed E-state index contributed by atoms with van der Waals surface area (Å²) in [5.41, 5.74) is 5.96. The Balaban J connectivity index is 1.18. The number of benzene rings is 4. The van der Waals surface area contributed by atoms with Crippen LogP contribution in [-0.2, 0) is 6.61 Å². The van der Waals surface area contributed by atoms with Gasteiger partial charge in [0.05, 0.1) is 0 Å². The van der Waals surface area contributed by atoms with Crippen molar-refractivity contribution in [1.82, 2.24) is 10.3 Å². The minimum absolute atomic E-state index is 0.197. The van der Waals surface area contributed by atoms with Crippen LogP contribution in [0.25, 0.3) is 22.6 Å². The highest BCUT2D eigenvalue weighted by atomic mass is 32.1. The lowest BCUT2D eigenvalue weighted by molar-refractivity contribution is 0.0977. The van der Waals surface area contributed by atoms with E-state index in [4.69, 9.17) is 21.4 Å². The second-order valence-electron chi connectivity index (χ2n) is 9.34. The maximum atomic E-state index is 12.8. The average molecular weight is 536 g/mol. The molecule has 0 radical (unpaired) electrons. The first-order valence-corrected chi connectivity index (χ1v) is 13.3. The van der Waals surface area contributed by atoms with Crippen molar-refractivity contribution in [3.05, 3.63) is 114 Å². The molecule has 4 aromatic carbocycles. The SMILES string of the molecule is CCC(C)c1ccc2oc(-c3ccc(NC(=S)NC(=O)c4cccc(OCc5ccccc5)c4)cc3)nc2c1. The summed E-state index contributed by atoms with van der Waals surface area (Å²) in [4.78, 5) is 17.4. The van der Waals surface area contributed by atoms with Crippen LogP contribution in [0.2, 0.25) is 0 Å². The van der Waals surface area contributed by atoms with Gasteiger partial charge in [0.15, 0.2) is 10.7 Å². The molecule has 1 amide bonds. The molecule has 39 heavy (non-hydrogen) atoms. The molecule has 5 aromatic rings. The van der Waals surface area contributed by atoms with Gasteiger partial charge in [-0.05, 0) is 90.3 Å². The Labute approximate surface area is 233 Å². The number of thiocarbonyl (C=S) groups is 1. The van der Waals surface area contributed by atoms with Gasteiger partial charge in [-0.15, -0.1) is 0 Å². The molecule has 0 saturated heterocycles. The lowest BCUT2D eigenvalue weighted by Crippen LogP contribution is -2.34. The first kappa shape index (κ1) is 26.1. The van der Waals surface area contributed by atoms with Crippen molar-refractivity contribution in [1.29, 1.82) is 0 Å². The summed E-state index contributed by atoms with van der Waals surface area (Å²) in [5.74, 6) is 1.32. The minimum atomic E-state index is -0.322. The Hall–Kier alpha value is -4.49. The molecule has 196 valence electrons. The number of hydrogen-bond acceptors (Lipinski definition) is 5. The molecule has 1 aromatic heterocycles. The number of hydrogen-bond donors (Lipinski definition) is 2. The number of fused-ring (bicyclic) bond motifs is 1. The van der Waals surface area contributed by atoms with Gasteiger partial charge in [-0.1, -0.05) is 56.3 Å². The highest BCUT2D eigenvalue weighted by Gasteiger charge is 2.12. The molecule has 1 unspecified atom stereocenters. The van der Waals surface area contributed by atoms with Gasteiger partial charge in [-0.3, -0.25) is 10.1 Å². The van der Waals surface area contributed by atoms with Crippen LogP contribution in [-0.4, -0.2) is 16.0 Å². The zero-order chi connectivity index (χ0) is 27.2. The van der Waals surface area contributed by atoms with Crippen LogP contribution in [0.5, 0.6) is 5.75 Å². The molecule has 6 nitrogen and oxygen atoms in total. The third-order valence-corrected chi connectivity index (χ3v) is 6.76. The van der Waals surface area contributed by atoms with Gasteiger partial charge in [0.25, 0.3) is 5.91 Å². The van der Waals surface area contributed by atoms with Gasteiger partial charge in [-0.25, -0.2) is 4.98 Å². The van der Waals surface area contributed by atoms with Gasteiger partial charge in [0.1, 0.15) is 17.9 Å². The van der Waals surface area contributed by atoms with Crippen molar-refractivity contribution >= 4 is 40.0 Å². The second kappa shape index (κ2) is 11.9. The highest BCUT2D eigenvalue weighted by molar-refractivity contribution is 7.80. The normalized spacial score (nSPS) is 11.6. The largest absolute Gasteiger partial charge is 0.489 e. The quantitative estimate of drug-likeness (QED) is 0.198. The zero-order valence-electron chi connectivity index (χ0n) is 21.8. The number of nitrogens with one attached hydrogen (secondary N) is 2. The van der Waals surface area contributed by atoms with Gasteiger partial charge < -0.3 is 14.5 Å². The van der Waals surface area contributed by atoms with E-state index in [0.717, 1.165) is 34.3 Å². The maximum Gasteiger partial charge on any atom is 0.257 e. The number of aromatic nitrogens is 1. The Morgan fingerprint density at radius 1 is 0.974 bits per heavy atom. The van der Waals surface area contributed by atoms with Crippen molar-refractivity contribution in [2.45, 2.75) is 32.8 Å². The number of carbonyl (C=O) groups excluding carboxylic acids is 1. The molecule has 1 heterocycles. The predicted molar refractivity (Wildman–Crippen MR) is 159 cm³/mol. The predicted octanol–water partition coefficient (Wildman–Crippen LogP) is 7.71. The van der Waals surface area contributed by atoms with Crippen LogP contribution in [0, 0.1) is 0 Å². The molecule has 0 bridgehead atoms. The van der Waals surface area contributed by atoms with Crippen molar-refractivity contribution in [2.24, 2.45) is 0 Å². The van der Waals surface area contributed by atoms with Crippen molar-refractivity contribution in [3.8, 4) is 17.2 Å². The van der Waals surface area contributed by atoms with Crippen molar-refractivity contribution in [3.63, 3.8) is 0 Å².